The minimum Gasteiger partial charge on any atom is -0.143 e. The van der Waals surface area contributed by atoms with Crippen molar-refractivity contribution in [2.45, 2.75) is 16.7 Å². The van der Waals surface area contributed by atoms with Gasteiger partial charge in [0.15, 0.2) is 0 Å². The van der Waals surface area contributed by atoms with Gasteiger partial charge >= 0.3 is 0 Å². The van der Waals surface area contributed by atoms with Crippen molar-refractivity contribution in [3.8, 4) is 0 Å². The number of rotatable bonds is 0. The summed E-state index contributed by atoms with van der Waals surface area (Å²) in [7, 11) is 0. The first kappa shape index (κ1) is 12.2. The van der Waals surface area contributed by atoms with E-state index in [2.05, 4.69) is 44.3 Å². The van der Waals surface area contributed by atoms with E-state index in [1.807, 2.05) is 42.5 Å². The Morgan fingerprint density at radius 1 is 0.667 bits per heavy atom. The van der Waals surface area contributed by atoms with Crippen LogP contribution in [0.15, 0.2) is 64.4 Å². The molecule has 2 heteroatoms. The molecule has 0 spiro atoms. The van der Waals surface area contributed by atoms with Gasteiger partial charge in [-0.25, -0.2) is 0 Å². The van der Waals surface area contributed by atoms with Gasteiger partial charge in [0.05, 0.1) is 0 Å². The Labute approximate surface area is 102 Å². The van der Waals surface area contributed by atoms with Crippen molar-refractivity contribution < 1.29 is 0 Å². The SMILES string of the molecule is Cc1ccccc1.Sc1ccc(S)cc1. The van der Waals surface area contributed by atoms with Crippen molar-refractivity contribution in [1.82, 2.24) is 0 Å². The third-order valence-corrected chi connectivity index (χ3v) is 2.39. The van der Waals surface area contributed by atoms with Gasteiger partial charge in [0.25, 0.3) is 0 Å². The third kappa shape index (κ3) is 5.55. The summed E-state index contributed by atoms with van der Waals surface area (Å²) in [6, 6.07) is 17.9. The second-order valence-electron chi connectivity index (χ2n) is 3.17. The normalized spacial score (nSPS) is 9.00. The maximum atomic E-state index is 4.10. The van der Waals surface area contributed by atoms with Crippen molar-refractivity contribution in [2.75, 3.05) is 0 Å². The van der Waals surface area contributed by atoms with Crippen LogP contribution in [0.3, 0.4) is 0 Å². The monoisotopic (exact) mass is 234 g/mol. The van der Waals surface area contributed by atoms with E-state index in [0.717, 1.165) is 9.79 Å². The third-order valence-electron chi connectivity index (χ3n) is 1.79. The van der Waals surface area contributed by atoms with Crippen LogP contribution in [-0.4, -0.2) is 0 Å². The van der Waals surface area contributed by atoms with Crippen LogP contribution >= 0.6 is 25.3 Å². The molecule has 0 saturated heterocycles. The molecule has 0 N–H and O–H groups in total. The molecule has 2 rings (SSSR count). The van der Waals surface area contributed by atoms with Gasteiger partial charge in [-0.15, -0.1) is 25.3 Å². The second-order valence-corrected chi connectivity index (χ2v) is 4.20. The fourth-order valence-electron chi connectivity index (χ4n) is 0.987. The van der Waals surface area contributed by atoms with E-state index < -0.39 is 0 Å². The van der Waals surface area contributed by atoms with Gasteiger partial charge in [-0.05, 0) is 31.2 Å². The molecule has 0 radical (unpaired) electrons. The zero-order valence-electron chi connectivity index (χ0n) is 8.59. The van der Waals surface area contributed by atoms with Crippen LogP contribution in [0.1, 0.15) is 5.56 Å². The van der Waals surface area contributed by atoms with E-state index in [0.29, 0.717) is 0 Å². The molecule has 15 heavy (non-hydrogen) atoms. The van der Waals surface area contributed by atoms with Gasteiger partial charge in [0.1, 0.15) is 0 Å². The first-order valence-corrected chi connectivity index (χ1v) is 5.57. The van der Waals surface area contributed by atoms with Gasteiger partial charge in [0.2, 0.25) is 0 Å². The molecule has 0 heterocycles. The quantitative estimate of drug-likeness (QED) is 0.625. The highest BCUT2D eigenvalue weighted by atomic mass is 32.1. The molecule has 0 aliphatic rings. The summed E-state index contributed by atoms with van der Waals surface area (Å²) in [5.41, 5.74) is 1.32. The topological polar surface area (TPSA) is 0 Å². The van der Waals surface area contributed by atoms with Crippen molar-refractivity contribution in [2.24, 2.45) is 0 Å². The molecule has 78 valence electrons. The molecular weight excluding hydrogens is 220 g/mol. The minimum atomic E-state index is 0.975. The van der Waals surface area contributed by atoms with Crippen LogP contribution < -0.4 is 0 Å². The molecule has 0 bridgehead atoms. The van der Waals surface area contributed by atoms with Gasteiger partial charge in [0, 0.05) is 9.79 Å². The molecule has 2 aromatic rings. The van der Waals surface area contributed by atoms with E-state index in [-0.39, 0.29) is 0 Å². The maximum Gasteiger partial charge on any atom is 0.00407 e. The summed E-state index contributed by atoms with van der Waals surface area (Å²) in [5, 5.41) is 0. The molecule has 0 aliphatic heterocycles. The molecule has 0 aromatic heterocycles. The lowest BCUT2D eigenvalue weighted by molar-refractivity contribution is 1.37. The Bertz CT molecular complexity index is 358. The first-order chi connectivity index (χ1) is 7.18. The van der Waals surface area contributed by atoms with E-state index in [9.17, 15) is 0 Å². The lowest BCUT2D eigenvalue weighted by atomic mass is 10.2. The summed E-state index contributed by atoms with van der Waals surface area (Å²) in [4.78, 5) is 1.95. The van der Waals surface area contributed by atoms with Crippen molar-refractivity contribution in [3.05, 3.63) is 60.2 Å². The van der Waals surface area contributed by atoms with Crippen LogP contribution in [0, 0.1) is 6.92 Å². The summed E-state index contributed by atoms with van der Waals surface area (Å²) >= 11 is 8.20. The smallest absolute Gasteiger partial charge is 0.00407 e. The average molecular weight is 234 g/mol. The predicted molar refractivity (Wildman–Crippen MR) is 72.1 cm³/mol. The van der Waals surface area contributed by atoms with E-state index in [1.54, 1.807) is 0 Å². The number of thiol groups is 2. The number of benzene rings is 2. The highest BCUT2D eigenvalue weighted by molar-refractivity contribution is 7.80. The van der Waals surface area contributed by atoms with E-state index >= 15 is 0 Å². The summed E-state index contributed by atoms with van der Waals surface area (Å²) in [6.45, 7) is 2.08. The first-order valence-electron chi connectivity index (χ1n) is 4.68. The molecule has 0 fully saturated rings. The van der Waals surface area contributed by atoms with Crippen LogP contribution in [0.2, 0.25) is 0 Å². The largest absolute Gasteiger partial charge is 0.143 e. The Balaban J connectivity index is 0.000000151. The highest BCUT2D eigenvalue weighted by Gasteiger charge is 1.81. The fourth-order valence-corrected chi connectivity index (χ4v) is 1.29. The molecule has 0 unspecified atom stereocenters. The number of hydrogen-bond acceptors (Lipinski definition) is 2. The summed E-state index contributed by atoms with van der Waals surface area (Å²) in [6.07, 6.45) is 0. The Kier molecular flexibility index (Phi) is 5.37. The fraction of sp³-hybridized carbons (Fsp3) is 0.0769. The molecule has 0 aliphatic carbocycles. The molecule has 0 saturated carbocycles. The Hall–Kier alpha value is -0.860. The van der Waals surface area contributed by atoms with Gasteiger partial charge in [-0.3, -0.25) is 0 Å². The van der Waals surface area contributed by atoms with E-state index in [4.69, 9.17) is 0 Å². The standard InChI is InChI=1S/C7H8.C6H6S2/c1-7-5-3-2-4-6-7;7-5-1-2-6(8)4-3-5/h2-6H,1H3;1-4,7-8H. The van der Waals surface area contributed by atoms with Crippen molar-refractivity contribution in [1.29, 1.82) is 0 Å². The Morgan fingerprint density at radius 2 is 1.07 bits per heavy atom. The number of hydrogen-bond donors (Lipinski definition) is 2. The van der Waals surface area contributed by atoms with Crippen molar-refractivity contribution >= 4 is 25.3 Å². The predicted octanol–water partition coefficient (Wildman–Crippen LogP) is 4.26. The molecule has 0 nitrogen and oxygen atoms in total. The lowest BCUT2D eigenvalue weighted by Crippen LogP contribution is -1.63. The van der Waals surface area contributed by atoms with E-state index in [1.165, 1.54) is 5.56 Å². The van der Waals surface area contributed by atoms with Crippen molar-refractivity contribution in [3.63, 3.8) is 0 Å². The maximum absolute atomic E-state index is 4.10. The minimum absolute atomic E-state index is 0.975. The zero-order chi connectivity index (χ0) is 11.1. The molecule has 0 amide bonds. The van der Waals surface area contributed by atoms with Gasteiger partial charge < -0.3 is 0 Å². The number of aryl methyl sites for hydroxylation is 1. The molecule has 2 aromatic carbocycles. The summed E-state index contributed by atoms with van der Waals surface area (Å²) in [5.74, 6) is 0. The van der Waals surface area contributed by atoms with Gasteiger partial charge in [-0.2, -0.15) is 0 Å². The summed E-state index contributed by atoms with van der Waals surface area (Å²) < 4.78 is 0. The second kappa shape index (κ2) is 6.59. The molecular formula is C13H14S2. The highest BCUT2D eigenvalue weighted by Crippen LogP contribution is 2.09. The average Bonchev–Trinajstić information content (AvgIpc) is 2.25. The zero-order valence-corrected chi connectivity index (χ0v) is 10.4. The Morgan fingerprint density at radius 3 is 1.33 bits per heavy atom. The van der Waals surface area contributed by atoms with Crippen LogP contribution in [0.5, 0.6) is 0 Å². The van der Waals surface area contributed by atoms with Crippen LogP contribution in [0.4, 0.5) is 0 Å². The lowest BCUT2D eigenvalue weighted by Gasteiger charge is -1.88. The molecule has 0 atom stereocenters. The van der Waals surface area contributed by atoms with Gasteiger partial charge in [-0.1, -0.05) is 35.9 Å². The van der Waals surface area contributed by atoms with Crippen LogP contribution in [0.25, 0.3) is 0 Å². The van der Waals surface area contributed by atoms with Crippen LogP contribution in [-0.2, 0) is 0 Å².